The van der Waals surface area contributed by atoms with Crippen molar-refractivity contribution < 1.29 is 9.53 Å². The van der Waals surface area contributed by atoms with Crippen LogP contribution in [0, 0.1) is 6.92 Å². The molecule has 1 heterocycles. The fraction of sp³-hybridized carbons (Fsp3) is 0.391. The molecule has 4 nitrogen and oxygen atoms in total. The third-order valence-electron chi connectivity index (χ3n) is 4.89. The van der Waals surface area contributed by atoms with Crippen molar-refractivity contribution in [2.45, 2.75) is 46.6 Å². The molecule has 0 spiro atoms. The summed E-state index contributed by atoms with van der Waals surface area (Å²) in [4.78, 5) is 18.0. The maximum atomic E-state index is 12.9. The van der Waals surface area contributed by atoms with Gasteiger partial charge in [-0.3, -0.25) is 4.79 Å². The molecule has 2 aromatic carbocycles. The summed E-state index contributed by atoms with van der Waals surface area (Å²) in [6.07, 6.45) is 0. The lowest BCUT2D eigenvalue weighted by Gasteiger charge is -2.18. The zero-order chi connectivity index (χ0) is 21.2. The van der Waals surface area contributed by atoms with Gasteiger partial charge in [0.15, 0.2) is 4.80 Å². The largest absolute Gasteiger partial charge is 0.380 e. The maximum Gasteiger partial charge on any atom is 0.279 e. The molecule has 3 aromatic rings. The van der Waals surface area contributed by atoms with E-state index in [9.17, 15) is 4.79 Å². The minimum absolute atomic E-state index is 0.0449. The quantitative estimate of drug-likeness (QED) is 0.484. The molecule has 0 unspecified atom stereocenters. The number of hydrogen-bond acceptors (Lipinski definition) is 3. The Hall–Kier alpha value is -1.95. The van der Waals surface area contributed by atoms with E-state index in [1.54, 1.807) is 0 Å². The molecule has 0 bridgehead atoms. The minimum atomic E-state index is -0.245. The molecule has 1 amide bonds. The Morgan fingerprint density at radius 3 is 2.48 bits per heavy atom. The van der Waals surface area contributed by atoms with Gasteiger partial charge in [-0.15, -0.1) is 0 Å². The van der Waals surface area contributed by atoms with Gasteiger partial charge in [-0.2, -0.15) is 4.99 Å². The summed E-state index contributed by atoms with van der Waals surface area (Å²) in [5.41, 5.74) is 3.82. The van der Waals surface area contributed by atoms with E-state index in [4.69, 9.17) is 16.3 Å². The molecule has 0 saturated heterocycles. The van der Waals surface area contributed by atoms with Crippen LogP contribution in [0.2, 0.25) is 5.02 Å². The lowest BCUT2D eigenvalue weighted by Crippen LogP contribution is -2.20. The molecular formula is C23H27ClN2O2S. The van der Waals surface area contributed by atoms with Gasteiger partial charge >= 0.3 is 0 Å². The van der Waals surface area contributed by atoms with Crippen LogP contribution >= 0.6 is 22.9 Å². The van der Waals surface area contributed by atoms with Gasteiger partial charge in [-0.1, -0.05) is 55.8 Å². The highest BCUT2D eigenvalue weighted by molar-refractivity contribution is 7.16. The molecule has 0 saturated carbocycles. The first-order valence-electron chi connectivity index (χ1n) is 9.78. The molecule has 0 radical (unpaired) electrons. The van der Waals surface area contributed by atoms with Gasteiger partial charge in [-0.05, 0) is 54.7 Å². The number of amides is 1. The molecule has 0 fully saturated rings. The van der Waals surface area contributed by atoms with Crippen LogP contribution in [-0.4, -0.2) is 23.7 Å². The van der Waals surface area contributed by atoms with Crippen molar-refractivity contribution in [3.8, 4) is 0 Å². The van der Waals surface area contributed by atoms with Crippen LogP contribution in [0.1, 0.15) is 49.2 Å². The number of carbonyl (C=O) groups is 1. The Morgan fingerprint density at radius 2 is 1.86 bits per heavy atom. The van der Waals surface area contributed by atoms with Crippen LogP contribution in [0.4, 0.5) is 0 Å². The van der Waals surface area contributed by atoms with Crippen LogP contribution in [0.25, 0.3) is 10.2 Å². The second kappa shape index (κ2) is 8.82. The molecule has 3 rings (SSSR count). The second-order valence-electron chi connectivity index (χ2n) is 8.00. The van der Waals surface area contributed by atoms with Crippen molar-refractivity contribution in [1.29, 1.82) is 0 Å². The lowest BCUT2D eigenvalue weighted by molar-refractivity contribution is 0.0996. The number of halogens is 1. The molecule has 29 heavy (non-hydrogen) atoms. The minimum Gasteiger partial charge on any atom is -0.380 e. The predicted molar refractivity (Wildman–Crippen MR) is 121 cm³/mol. The Morgan fingerprint density at radius 1 is 1.17 bits per heavy atom. The molecule has 0 atom stereocenters. The number of carbonyl (C=O) groups excluding carboxylic acids is 1. The Bertz CT molecular complexity index is 1090. The topological polar surface area (TPSA) is 43.6 Å². The van der Waals surface area contributed by atoms with Crippen LogP contribution in [0.3, 0.4) is 0 Å². The van der Waals surface area contributed by atoms with Gasteiger partial charge < -0.3 is 9.30 Å². The third kappa shape index (κ3) is 4.80. The third-order valence-corrected chi connectivity index (χ3v) is 6.34. The second-order valence-corrected chi connectivity index (χ2v) is 9.41. The summed E-state index contributed by atoms with van der Waals surface area (Å²) in [6, 6.07) is 11.6. The van der Waals surface area contributed by atoms with Crippen molar-refractivity contribution in [3.63, 3.8) is 0 Å². The van der Waals surface area contributed by atoms with Crippen molar-refractivity contribution >= 4 is 39.1 Å². The summed E-state index contributed by atoms with van der Waals surface area (Å²) >= 11 is 7.84. The van der Waals surface area contributed by atoms with Crippen LogP contribution < -0.4 is 4.80 Å². The standard InChI is InChI=1S/C23H27ClN2O2S/c1-6-28-14-13-26-20-15(2)18(24)11-12-19(20)29-22(26)25-21(27)16-7-9-17(10-8-16)23(3,4)5/h7-12H,6,13-14H2,1-5H3. The monoisotopic (exact) mass is 430 g/mol. The molecule has 6 heteroatoms. The van der Waals surface area contributed by atoms with Crippen molar-refractivity contribution in [3.05, 3.63) is 62.9 Å². The first-order chi connectivity index (χ1) is 13.7. The lowest BCUT2D eigenvalue weighted by atomic mass is 9.87. The number of rotatable bonds is 5. The number of benzene rings is 2. The summed E-state index contributed by atoms with van der Waals surface area (Å²) < 4.78 is 8.63. The normalized spacial score (nSPS) is 12.7. The molecule has 154 valence electrons. The van der Waals surface area contributed by atoms with Crippen molar-refractivity contribution in [2.24, 2.45) is 4.99 Å². The molecule has 0 N–H and O–H groups in total. The van der Waals surface area contributed by atoms with Crippen LogP contribution in [0.5, 0.6) is 0 Å². The summed E-state index contributed by atoms with van der Waals surface area (Å²) in [5, 5.41) is 0.705. The number of thiazole rings is 1. The summed E-state index contributed by atoms with van der Waals surface area (Å²) in [7, 11) is 0. The fourth-order valence-electron chi connectivity index (χ4n) is 3.17. The van der Waals surface area contributed by atoms with E-state index in [1.807, 2.05) is 54.8 Å². The maximum absolute atomic E-state index is 12.9. The Labute approximate surface area is 180 Å². The van der Waals surface area contributed by atoms with E-state index in [2.05, 4.69) is 25.8 Å². The van der Waals surface area contributed by atoms with Gasteiger partial charge in [0.05, 0.1) is 16.8 Å². The van der Waals surface area contributed by atoms with Gasteiger partial charge in [-0.25, -0.2) is 0 Å². The number of nitrogens with zero attached hydrogens (tertiary/aromatic N) is 2. The average Bonchev–Trinajstić information content (AvgIpc) is 3.02. The Kier molecular flexibility index (Phi) is 6.62. The highest BCUT2D eigenvalue weighted by Crippen LogP contribution is 2.27. The smallest absolute Gasteiger partial charge is 0.279 e. The molecule has 0 aliphatic rings. The van der Waals surface area contributed by atoms with E-state index in [1.165, 1.54) is 16.9 Å². The predicted octanol–water partition coefficient (Wildman–Crippen LogP) is 5.74. The van der Waals surface area contributed by atoms with E-state index < -0.39 is 0 Å². The van der Waals surface area contributed by atoms with Crippen molar-refractivity contribution in [2.75, 3.05) is 13.2 Å². The average molecular weight is 431 g/mol. The fourth-order valence-corrected chi connectivity index (χ4v) is 4.44. The van der Waals surface area contributed by atoms with Gasteiger partial charge in [0.1, 0.15) is 0 Å². The number of fused-ring (bicyclic) bond motifs is 1. The van der Waals surface area contributed by atoms with Crippen molar-refractivity contribution in [1.82, 2.24) is 4.57 Å². The molecule has 0 aliphatic carbocycles. The van der Waals surface area contributed by atoms with E-state index in [0.29, 0.717) is 35.1 Å². The van der Waals surface area contributed by atoms with Crippen LogP contribution in [0.15, 0.2) is 41.4 Å². The zero-order valence-electron chi connectivity index (χ0n) is 17.6. The summed E-state index contributed by atoms with van der Waals surface area (Å²) in [6.45, 7) is 12.2. The van der Waals surface area contributed by atoms with E-state index in [-0.39, 0.29) is 11.3 Å². The van der Waals surface area contributed by atoms with Gasteiger partial charge in [0.2, 0.25) is 0 Å². The van der Waals surface area contributed by atoms with Gasteiger partial charge in [0, 0.05) is 23.7 Å². The zero-order valence-corrected chi connectivity index (χ0v) is 19.2. The van der Waals surface area contributed by atoms with Gasteiger partial charge in [0.25, 0.3) is 5.91 Å². The SMILES string of the molecule is CCOCCn1c(=NC(=O)c2ccc(C(C)(C)C)cc2)sc2ccc(Cl)c(C)c21. The number of hydrogen-bond donors (Lipinski definition) is 0. The number of aromatic nitrogens is 1. The van der Waals surface area contributed by atoms with E-state index >= 15 is 0 Å². The number of ether oxygens (including phenoxy) is 1. The molecule has 0 aliphatic heterocycles. The number of aryl methyl sites for hydroxylation is 1. The summed E-state index contributed by atoms with van der Waals surface area (Å²) in [5.74, 6) is -0.245. The van der Waals surface area contributed by atoms with Crippen LogP contribution in [-0.2, 0) is 16.7 Å². The first-order valence-corrected chi connectivity index (χ1v) is 11.0. The molecular weight excluding hydrogens is 404 g/mol. The Balaban J connectivity index is 2.05. The van der Waals surface area contributed by atoms with E-state index in [0.717, 1.165) is 15.8 Å². The first kappa shape index (κ1) is 21.8. The highest BCUT2D eigenvalue weighted by Gasteiger charge is 2.15. The highest BCUT2D eigenvalue weighted by atomic mass is 35.5. The molecule has 1 aromatic heterocycles.